The zero-order valence-corrected chi connectivity index (χ0v) is 15.0. The van der Waals surface area contributed by atoms with Gasteiger partial charge in [0.25, 0.3) is 5.91 Å². The van der Waals surface area contributed by atoms with Crippen molar-refractivity contribution in [1.82, 2.24) is 4.90 Å². The van der Waals surface area contributed by atoms with E-state index in [0.29, 0.717) is 45.2 Å². The van der Waals surface area contributed by atoms with Crippen molar-refractivity contribution < 1.29 is 23.4 Å². The van der Waals surface area contributed by atoms with Crippen LogP contribution in [-0.2, 0) is 9.47 Å². The summed E-state index contributed by atoms with van der Waals surface area (Å²) in [5, 5.41) is 0. The molecule has 3 rings (SSSR count). The molecule has 0 unspecified atom stereocenters. The maximum absolute atomic E-state index is 13.7. The molecule has 0 spiro atoms. The first kappa shape index (κ1) is 19.9. The van der Waals surface area contributed by atoms with Crippen molar-refractivity contribution in [2.45, 2.75) is 0 Å². The van der Waals surface area contributed by atoms with Gasteiger partial charge in [-0.1, -0.05) is 0 Å². The van der Waals surface area contributed by atoms with Crippen molar-refractivity contribution in [3.8, 4) is 5.75 Å². The highest BCUT2D eigenvalue weighted by Gasteiger charge is 2.52. The summed E-state index contributed by atoms with van der Waals surface area (Å²) in [6, 6.07) is 3.98. The van der Waals surface area contributed by atoms with E-state index < -0.39 is 5.82 Å². The topological polar surface area (TPSA) is 74.0 Å². The second-order valence-electron chi connectivity index (χ2n) is 6.47. The van der Waals surface area contributed by atoms with Gasteiger partial charge in [-0.3, -0.25) is 4.79 Å². The fourth-order valence-electron chi connectivity index (χ4n) is 3.61. The number of hydrogen-bond acceptors (Lipinski definition) is 5. The third-order valence-corrected chi connectivity index (χ3v) is 4.79. The molecule has 8 heteroatoms. The molecule has 1 aromatic rings. The summed E-state index contributed by atoms with van der Waals surface area (Å²) >= 11 is 0. The number of fused-ring (bicyclic) bond motifs is 1. The first-order valence-electron chi connectivity index (χ1n) is 8.08. The Hall–Kier alpha value is -1.41. The van der Waals surface area contributed by atoms with E-state index in [1.54, 1.807) is 12.0 Å². The average Bonchev–Trinajstić information content (AvgIpc) is 3.10. The Balaban J connectivity index is 0.00000225. The van der Waals surface area contributed by atoms with Crippen LogP contribution in [0.3, 0.4) is 0 Å². The summed E-state index contributed by atoms with van der Waals surface area (Å²) in [7, 11) is 1.65. The smallest absolute Gasteiger partial charge is 0.257 e. The Kier molecular flexibility index (Phi) is 6.62. The number of nitrogens with zero attached hydrogens (tertiary/aromatic N) is 1. The average molecular weight is 375 g/mol. The lowest BCUT2D eigenvalue weighted by molar-refractivity contribution is 0.0487. The van der Waals surface area contributed by atoms with Crippen molar-refractivity contribution >= 4 is 18.3 Å². The second kappa shape index (κ2) is 8.31. The van der Waals surface area contributed by atoms with Crippen molar-refractivity contribution in [2.24, 2.45) is 17.1 Å². The van der Waals surface area contributed by atoms with E-state index in [-0.39, 0.29) is 41.8 Å². The van der Waals surface area contributed by atoms with Crippen LogP contribution in [0.4, 0.5) is 4.39 Å². The quantitative estimate of drug-likeness (QED) is 0.813. The standard InChI is InChI=1S/C17H23FN2O4.ClH/c1-22-10-17-9-20(7-12(17)8-23-11-17)16(21)14-6-13(18)2-3-15(14)24-5-4-19;/h2-3,6,12H,4-5,7-11,19H2,1H3;1H/t12-,17-;/m0./s1. The van der Waals surface area contributed by atoms with E-state index in [1.807, 2.05) is 0 Å². The maximum Gasteiger partial charge on any atom is 0.257 e. The fraction of sp³-hybridized carbons (Fsp3) is 0.588. The van der Waals surface area contributed by atoms with Crippen LogP contribution in [0.15, 0.2) is 18.2 Å². The fourth-order valence-corrected chi connectivity index (χ4v) is 3.61. The van der Waals surface area contributed by atoms with Gasteiger partial charge in [0.05, 0.1) is 25.4 Å². The predicted octanol–water partition coefficient (Wildman–Crippen LogP) is 1.32. The van der Waals surface area contributed by atoms with Crippen molar-refractivity contribution in [1.29, 1.82) is 0 Å². The van der Waals surface area contributed by atoms with Crippen molar-refractivity contribution in [3.05, 3.63) is 29.6 Å². The minimum atomic E-state index is -0.465. The van der Waals surface area contributed by atoms with E-state index in [1.165, 1.54) is 18.2 Å². The number of halogens is 2. The van der Waals surface area contributed by atoms with Crippen LogP contribution in [0.1, 0.15) is 10.4 Å². The summed E-state index contributed by atoms with van der Waals surface area (Å²) < 4.78 is 30.1. The molecule has 6 nitrogen and oxygen atoms in total. The summed E-state index contributed by atoms with van der Waals surface area (Å²) in [6.45, 7) is 3.45. The second-order valence-corrected chi connectivity index (χ2v) is 6.47. The normalized spacial score (nSPS) is 24.8. The van der Waals surface area contributed by atoms with Gasteiger partial charge in [0.2, 0.25) is 0 Å². The van der Waals surface area contributed by atoms with Gasteiger partial charge < -0.3 is 24.8 Å². The number of hydrogen-bond donors (Lipinski definition) is 1. The minimum absolute atomic E-state index is 0. The molecule has 0 aromatic heterocycles. The van der Waals surface area contributed by atoms with Crippen molar-refractivity contribution in [3.63, 3.8) is 0 Å². The number of amides is 1. The van der Waals surface area contributed by atoms with Gasteiger partial charge in [0.1, 0.15) is 18.2 Å². The van der Waals surface area contributed by atoms with E-state index in [4.69, 9.17) is 19.9 Å². The molecule has 2 aliphatic heterocycles. The summed E-state index contributed by atoms with van der Waals surface area (Å²) in [4.78, 5) is 14.7. The molecule has 1 aromatic carbocycles. The third kappa shape index (κ3) is 3.89. The van der Waals surface area contributed by atoms with Crippen LogP contribution in [0, 0.1) is 17.2 Å². The monoisotopic (exact) mass is 374 g/mol. The van der Waals surface area contributed by atoms with E-state index in [0.717, 1.165) is 0 Å². The van der Waals surface area contributed by atoms with Gasteiger partial charge in [-0.2, -0.15) is 0 Å². The van der Waals surface area contributed by atoms with Crippen LogP contribution in [0.25, 0.3) is 0 Å². The molecule has 2 N–H and O–H groups in total. The highest BCUT2D eigenvalue weighted by atomic mass is 35.5. The lowest BCUT2D eigenvalue weighted by atomic mass is 9.82. The largest absolute Gasteiger partial charge is 0.491 e. The molecule has 140 valence electrons. The number of rotatable bonds is 6. The maximum atomic E-state index is 13.7. The molecule has 0 saturated carbocycles. The predicted molar refractivity (Wildman–Crippen MR) is 92.7 cm³/mol. The van der Waals surface area contributed by atoms with Crippen LogP contribution < -0.4 is 10.5 Å². The van der Waals surface area contributed by atoms with Crippen LogP contribution in [0.5, 0.6) is 5.75 Å². The Bertz CT molecular complexity index is 618. The minimum Gasteiger partial charge on any atom is -0.491 e. The van der Waals surface area contributed by atoms with E-state index in [2.05, 4.69) is 0 Å². The Morgan fingerprint density at radius 2 is 2.32 bits per heavy atom. The molecule has 2 atom stereocenters. The van der Waals surface area contributed by atoms with Gasteiger partial charge in [-0.25, -0.2) is 4.39 Å². The van der Waals surface area contributed by atoms with E-state index in [9.17, 15) is 9.18 Å². The number of carbonyl (C=O) groups excluding carboxylic acids is 1. The lowest BCUT2D eigenvalue weighted by Gasteiger charge is -2.26. The van der Waals surface area contributed by atoms with Gasteiger partial charge in [-0.15, -0.1) is 12.4 Å². The number of carbonyl (C=O) groups is 1. The molecule has 0 radical (unpaired) electrons. The summed E-state index contributed by atoms with van der Waals surface area (Å²) in [5.74, 6) is -0.0940. The molecule has 2 aliphatic rings. The summed E-state index contributed by atoms with van der Waals surface area (Å²) in [6.07, 6.45) is 0. The van der Waals surface area contributed by atoms with Gasteiger partial charge in [-0.05, 0) is 18.2 Å². The van der Waals surface area contributed by atoms with Gasteiger partial charge >= 0.3 is 0 Å². The zero-order valence-electron chi connectivity index (χ0n) is 14.2. The first-order chi connectivity index (χ1) is 11.6. The Labute approximate surface area is 152 Å². The van der Waals surface area contributed by atoms with Gasteiger partial charge in [0, 0.05) is 38.1 Å². The number of likely N-dealkylation sites (tertiary alicyclic amines) is 1. The first-order valence-corrected chi connectivity index (χ1v) is 8.08. The number of methoxy groups -OCH3 is 1. The van der Waals surface area contributed by atoms with Crippen LogP contribution in [0.2, 0.25) is 0 Å². The highest BCUT2D eigenvalue weighted by Crippen LogP contribution is 2.42. The van der Waals surface area contributed by atoms with Crippen molar-refractivity contribution in [2.75, 3.05) is 53.2 Å². The SMILES string of the molecule is COC[C@@]12COC[C@@H]1CN(C(=O)c1cc(F)ccc1OCCN)C2.Cl. The van der Waals surface area contributed by atoms with Gasteiger partial charge in [0.15, 0.2) is 0 Å². The summed E-state index contributed by atoms with van der Waals surface area (Å²) in [5.41, 5.74) is 5.51. The van der Waals surface area contributed by atoms with E-state index >= 15 is 0 Å². The molecule has 25 heavy (non-hydrogen) atoms. The molecule has 2 saturated heterocycles. The Morgan fingerprint density at radius 1 is 1.52 bits per heavy atom. The van der Waals surface area contributed by atoms with Crippen LogP contribution >= 0.6 is 12.4 Å². The Morgan fingerprint density at radius 3 is 3.04 bits per heavy atom. The number of nitrogens with two attached hydrogens (primary N) is 1. The third-order valence-electron chi connectivity index (χ3n) is 4.79. The number of ether oxygens (including phenoxy) is 3. The van der Waals surface area contributed by atoms with Crippen LogP contribution in [-0.4, -0.2) is 64.0 Å². The molecule has 1 amide bonds. The molecule has 0 bridgehead atoms. The molecular formula is C17H24ClFN2O4. The zero-order chi connectivity index (χ0) is 17.2. The number of benzene rings is 1. The lowest BCUT2D eigenvalue weighted by Crippen LogP contribution is -2.37. The molecule has 2 fully saturated rings. The highest BCUT2D eigenvalue weighted by molar-refractivity contribution is 5.97. The molecule has 2 heterocycles. The molecular weight excluding hydrogens is 351 g/mol. The molecule has 0 aliphatic carbocycles.